The Hall–Kier alpha value is -0.770. The van der Waals surface area contributed by atoms with Crippen LogP contribution in [0.3, 0.4) is 0 Å². The largest absolute Gasteiger partial charge is 0.483 e. The lowest BCUT2D eigenvalue weighted by Gasteiger charge is -2.33. The molecule has 1 aliphatic rings. The molecule has 0 saturated heterocycles. The summed E-state index contributed by atoms with van der Waals surface area (Å²) in [6, 6.07) is 0. The molecule has 1 aromatic rings. The van der Waals surface area contributed by atoms with Crippen molar-refractivity contribution in [3.8, 4) is 5.75 Å². The van der Waals surface area contributed by atoms with Crippen molar-refractivity contribution in [1.29, 1.82) is 0 Å². The fourth-order valence-electron chi connectivity index (χ4n) is 1.27. The van der Waals surface area contributed by atoms with Crippen LogP contribution in [-0.2, 0) is 0 Å². The molecule has 13 heavy (non-hydrogen) atoms. The van der Waals surface area contributed by atoms with Gasteiger partial charge in [-0.3, -0.25) is 4.98 Å². The van der Waals surface area contributed by atoms with Gasteiger partial charge in [-0.2, -0.15) is 0 Å². The summed E-state index contributed by atoms with van der Waals surface area (Å²) >= 11 is 3.41. The molecule has 1 N–H and O–H groups in total. The number of fused-ring (bicyclic) bond motifs is 1. The van der Waals surface area contributed by atoms with E-state index in [-0.39, 0.29) is 5.60 Å². The molecule has 0 amide bonds. The second-order valence-electron chi connectivity index (χ2n) is 3.71. The van der Waals surface area contributed by atoms with Crippen LogP contribution in [0.4, 0.5) is 5.69 Å². The average molecular weight is 243 g/mol. The van der Waals surface area contributed by atoms with Crippen molar-refractivity contribution in [2.75, 3.05) is 11.9 Å². The number of hydrogen-bond acceptors (Lipinski definition) is 3. The second-order valence-corrected chi connectivity index (χ2v) is 4.57. The van der Waals surface area contributed by atoms with Crippen molar-refractivity contribution in [3.05, 3.63) is 16.9 Å². The Bertz CT molecular complexity index is 338. The zero-order valence-corrected chi connectivity index (χ0v) is 9.18. The first-order chi connectivity index (χ1) is 6.08. The lowest BCUT2D eigenvalue weighted by atomic mass is 10.1. The Morgan fingerprint density at radius 1 is 1.54 bits per heavy atom. The van der Waals surface area contributed by atoms with E-state index in [2.05, 4.69) is 40.1 Å². The van der Waals surface area contributed by atoms with Gasteiger partial charge in [0.1, 0.15) is 5.60 Å². The highest BCUT2D eigenvalue weighted by molar-refractivity contribution is 9.10. The van der Waals surface area contributed by atoms with E-state index in [1.54, 1.807) is 12.4 Å². The van der Waals surface area contributed by atoms with Gasteiger partial charge in [-0.1, -0.05) is 0 Å². The molecule has 0 fully saturated rings. The zero-order chi connectivity index (χ0) is 9.47. The Labute approximate surface area is 85.6 Å². The molecule has 1 aromatic heterocycles. The monoisotopic (exact) mass is 242 g/mol. The number of halogens is 1. The third-order valence-corrected chi connectivity index (χ3v) is 2.50. The van der Waals surface area contributed by atoms with Crippen LogP contribution in [0.5, 0.6) is 5.75 Å². The topological polar surface area (TPSA) is 34.2 Å². The molecule has 0 unspecified atom stereocenters. The van der Waals surface area contributed by atoms with Crippen molar-refractivity contribution in [2.24, 2.45) is 0 Å². The predicted octanol–water partition coefficient (Wildman–Crippen LogP) is 2.43. The summed E-state index contributed by atoms with van der Waals surface area (Å²) in [5.74, 6) is 0.853. The number of ether oxygens (including phenoxy) is 1. The summed E-state index contributed by atoms with van der Waals surface area (Å²) in [5, 5.41) is 3.28. The summed E-state index contributed by atoms with van der Waals surface area (Å²) in [6.07, 6.45) is 3.51. The molecule has 0 atom stereocenters. The minimum Gasteiger partial charge on any atom is -0.483 e. The van der Waals surface area contributed by atoms with Gasteiger partial charge in [0.05, 0.1) is 22.9 Å². The van der Waals surface area contributed by atoms with Crippen molar-refractivity contribution in [1.82, 2.24) is 4.98 Å². The van der Waals surface area contributed by atoms with Crippen LogP contribution in [0.1, 0.15) is 13.8 Å². The van der Waals surface area contributed by atoms with Crippen LogP contribution in [0.25, 0.3) is 0 Å². The fraction of sp³-hybridized carbons (Fsp3) is 0.444. The van der Waals surface area contributed by atoms with Gasteiger partial charge in [0.2, 0.25) is 0 Å². The third-order valence-electron chi connectivity index (χ3n) is 1.94. The summed E-state index contributed by atoms with van der Waals surface area (Å²) in [7, 11) is 0. The highest BCUT2D eigenvalue weighted by atomic mass is 79.9. The van der Waals surface area contributed by atoms with Crippen LogP contribution in [0, 0.1) is 0 Å². The highest BCUT2D eigenvalue weighted by Gasteiger charge is 2.27. The van der Waals surface area contributed by atoms with Crippen LogP contribution >= 0.6 is 15.9 Å². The van der Waals surface area contributed by atoms with Crippen LogP contribution in [0.15, 0.2) is 16.9 Å². The molecule has 0 spiro atoms. The fourth-order valence-corrected chi connectivity index (χ4v) is 1.69. The molecule has 0 saturated carbocycles. The minimum atomic E-state index is -0.156. The van der Waals surface area contributed by atoms with Crippen molar-refractivity contribution in [3.63, 3.8) is 0 Å². The summed E-state index contributed by atoms with van der Waals surface area (Å²) < 4.78 is 6.69. The van der Waals surface area contributed by atoms with Gasteiger partial charge < -0.3 is 10.1 Å². The molecular formula is C9H11BrN2O. The average Bonchev–Trinajstić information content (AvgIpc) is 2.06. The smallest absolute Gasteiger partial charge is 0.160 e. The minimum absolute atomic E-state index is 0.156. The molecule has 0 aromatic carbocycles. The van der Waals surface area contributed by atoms with E-state index in [4.69, 9.17) is 4.74 Å². The maximum atomic E-state index is 5.80. The molecule has 0 bridgehead atoms. The number of rotatable bonds is 0. The normalized spacial score (nSPS) is 18.4. The number of nitrogens with one attached hydrogen (secondary N) is 1. The number of aromatic nitrogens is 1. The molecule has 0 aliphatic carbocycles. The Morgan fingerprint density at radius 2 is 2.31 bits per heavy atom. The lowest BCUT2D eigenvalue weighted by molar-refractivity contribution is 0.115. The molecule has 0 radical (unpaired) electrons. The zero-order valence-electron chi connectivity index (χ0n) is 7.60. The summed E-state index contributed by atoms with van der Waals surface area (Å²) in [6.45, 7) is 4.91. The van der Waals surface area contributed by atoms with Crippen LogP contribution < -0.4 is 10.1 Å². The van der Waals surface area contributed by atoms with Gasteiger partial charge in [-0.05, 0) is 29.8 Å². The van der Waals surface area contributed by atoms with E-state index >= 15 is 0 Å². The maximum absolute atomic E-state index is 5.80. The van der Waals surface area contributed by atoms with Crippen LogP contribution in [-0.4, -0.2) is 17.1 Å². The van der Waals surface area contributed by atoms with Gasteiger partial charge in [-0.25, -0.2) is 0 Å². The summed E-state index contributed by atoms with van der Waals surface area (Å²) in [4.78, 5) is 4.06. The highest BCUT2D eigenvalue weighted by Crippen LogP contribution is 2.37. The second kappa shape index (κ2) is 2.87. The molecule has 4 heteroatoms. The van der Waals surface area contributed by atoms with E-state index in [1.165, 1.54) is 0 Å². The maximum Gasteiger partial charge on any atom is 0.160 e. The molecule has 1 aliphatic heterocycles. The van der Waals surface area contributed by atoms with E-state index in [0.717, 1.165) is 22.5 Å². The van der Waals surface area contributed by atoms with E-state index in [0.29, 0.717) is 0 Å². The quantitative estimate of drug-likeness (QED) is 0.759. The first kappa shape index (κ1) is 8.81. The summed E-state index contributed by atoms with van der Waals surface area (Å²) in [5.41, 5.74) is 0.797. The van der Waals surface area contributed by atoms with Gasteiger partial charge in [-0.15, -0.1) is 0 Å². The Kier molecular flexibility index (Phi) is 1.95. The van der Waals surface area contributed by atoms with E-state index in [1.807, 2.05) is 0 Å². The predicted molar refractivity (Wildman–Crippen MR) is 55.1 cm³/mol. The van der Waals surface area contributed by atoms with E-state index < -0.39 is 0 Å². The molecular weight excluding hydrogens is 232 g/mol. The van der Waals surface area contributed by atoms with E-state index in [9.17, 15) is 0 Å². The Balaban J connectivity index is 2.44. The molecule has 2 rings (SSSR count). The van der Waals surface area contributed by atoms with Gasteiger partial charge in [0, 0.05) is 6.20 Å². The first-order valence-electron chi connectivity index (χ1n) is 4.15. The molecule has 70 valence electrons. The number of hydrogen-bond donors (Lipinski definition) is 1. The standard InChI is InChI=1S/C9H11BrN2O/c1-9(2)5-12-7-4-11-3-6(10)8(7)13-9/h3-4,12H,5H2,1-2H3. The third kappa shape index (κ3) is 1.63. The van der Waals surface area contributed by atoms with Crippen molar-refractivity contribution in [2.45, 2.75) is 19.4 Å². The van der Waals surface area contributed by atoms with Crippen molar-refractivity contribution < 1.29 is 4.74 Å². The van der Waals surface area contributed by atoms with Gasteiger partial charge in [0.15, 0.2) is 5.75 Å². The first-order valence-corrected chi connectivity index (χ1v) is 4.94. The van der Waals surface area contributed by atoms with Gasteiger partial charge in [0.25, 0.3) is 0 Å². The SMILES string of the molecule is CC1(C)CNc2cncc(Br)c2O1. The number of pyridine rings is 1. The number of anilines is 1. The molecule has 2 heterocycles. The van der Waals surface area contributed by atoms with Crippen molar-refractivity contribution >= 4 is 21.6 Å². The Morgan fingerprint density at radius 3 is 3.08 bits per heavy atom. The van der Waals surface area contributed by atoms with Gasteiger partial charge >= 0.3 is 0 Å². The number of nitrogens with zero attached hydrogens (tertiary/aromatic N) is 1. The van der Waals surface area contributed by atoms with Crippen LogP contribution in [0.2, 0.25) is 0 Å². The lowest BCUT2D eigenvalue weighted by Crippen LogP contribution is -2.40. The molecule has 3 nitrogen and oxygen atoms in total.